The van der Waals surface area contributed by atoms with Gasteiger partial charge in [-0.05, 0) is 6.07 Å². The largest absolute Gasteiger partial charge is 0.341 e. The van der Waals surface area contributed by atoms with Crippen LogP contribution in [-0.4, -0.2) is 25.6 Å². The van der Waals surface area contributed by atoms with Gasteiger partial charge in [0.2, 0.25) is 0 Å². The van der Waals surface area contributed by atoms with Crippen molar-refractivity contribution in [3.63, 3.8) is 0 Å². The van der Waals surface area contributed by atoms with Crippen LogP contribution >= 0.6 is 11.6 Å². The first kappa shape index (κ1) is 17.3. The lowest BCUT2D eigenvalue weighted by Crippen LogP contribution is -2.34. The highest BCUT2D eigenvalue weighted by molar-refractivity contribution is 7.83. The molecule has 2 N–H and O–H groups in total. The lowest BCUT2D eigenvalue weighted by molar-refractivity contribution is -0.0687. The number of hydrogen-bond donors (Lipinski definition) is 2. The standard InChI is InChI=1S/C16H16ClNO5S/c17-13-9-5-4-8-12(13)15-14(10-18-24(19,20)21)22-16(23-15)11-6-2-1-3-7-11/h1-9,14-16,18H,10H2,(H,19,20,21). The molecule has 0 aromatic heterocycles. The van der Waals surface area contributed by atoms with Crippen molar-refractivity contribution >= 4 is 21.9 Å². The van der Waals surface area contributed by atoms with Crippen molar-refractivity contribution < 1.29 is 22.4 Å². The van der Waals surface area contributed by atoms with Crippen LogP contribution in [0.5, 0.6) is 0 Å². The molecule has 6 nitrogen and oxygen atoms in total. The Morgan fingerprint density at radius 2 is 1.71 bits per heavy atom. The summed E-state index contributed by atoms with van der Waals surface area (Å²) in [5, 5.41) is 0.497. The number of halogens is 1. The molecule has 0 aliphatic carbocycles. The van der Waals surface area contributed by atoms with Crippen molar-refractivity contribution in [1.29, 1.82) is 0 Å². The lowest BCUT2D eigenvalue weighted by Gasteiger charge is -2.17. The second-order valence-corrected chi connectivity index (χ2v) is 6.96. The Kier molecular flexibility index (Phi) is 5.19. The highest BCUT2D eigenvalue weighted by Gasteiger charge is 2.39. The van der Waals surface area contributed by atoms with E-state index in [1.54, 1.807) is 18.2 Å². The quantitative estimate of drug-likeness (QED) is 0.791. The van der Waals surface area contributed by atoms with E-state index in [4.69, 9.17) is 25.6 Å². The van der Waals surface area contributed by atoms with E-state index in [1.807, 2.05) is 41.1 Å². The molecule has 0 spiro atoms. The summed E-state index contributed by atoms with van der Waals surface area (Å²) in [6.45, 7) is -0.141. The summed E-state index contributed by atoms with van der Waals surface area (Å²) in [4.78, 5) is 0. The van der Waals surface area contributed by atoms with Crippen LogP contribution in [0.3, 0.4) is 0 Å². The van der Waals surface area contributed by atoms with E-state index < -0.39 is 28.8 Å². The van der Waals surface area contributed by atoms with Crippen molar-refractivity contribution in [2.75, 3.05) is 6.54 Å². The van der Waals surface area contributed by atoms with Gasteiger partial charge in [-0.2, -0.15) is 13.1 Å². The fourth-order valence-electron chi connectivity index (χ4n) is 2.57. The highest BCUT2D eigenvalue weighted by atomic mass is 35.5. The minimum absolute atomic E-state index is 0.141. The van der Waals surface area contributed by atoms with Gasteiger partial charge in [0.25, 0.3) is 0 Å². The fourth-order valence-corrected chi connectivity index (χ4v) is 3.19. The zero-order chi connectivity index (χ0) is 17.2. The number of nitrogens with one attached hydrogen (secondary N) is 1. The van der Waals surface area contributed by atoms with E-state index >= 15 is 0 Å². The molecule has 1 fully saturated rings. The van der Waals surface area contributed by atoms with E-state index in [0.29, 0.717) is 10.6 Å². The summed E-state index contributed by atoms with van der Waals surface area (Å²) in [6, 6.07) is 16.4. The fraction of sp³-hybridized carbons (Fsp3) is 0.250. The molecule has 1 saturated heterocycles. The van der Waals surface area contributed by atoms with Crippen LogP contribution in [0.25, 0.3) is 0 Å². The SMILES string of the molecule is O=S(=O)(O)NCC1OC(c2ccccc2)OC1c1ccccc1Cl. The van der Waals surface area contributed by atoms with Gasteiger partial charge in [-0.3, -0.25) is 4.55 Å². The molecule has 3 rings (SSSR count). The van der Waals surface area contributed by atoms with Gasteiger partial charge in [-0.25, -0.2) is 0 Å². The summed E-state index contributed by atoms with van der Waals surface area (Å²) in [7, 11) is -4.33. The molecule has 0 radical (unpaired) electrons. The van der Waals surface area contributed by atoms with Crippen molar-refractivity contribution in [1.82, 2.24) is 4.72 Å². The molecule has 0 amide bonds. The van der Waals surface area contributed by atoms with Gasteiger partial charge >= 0.3 is 10.3 Å². The average Bonchev–Trinajstić information content (AvgIpc) is 2.98. The molecule has 1 aliphatic rings. The normalized spacial score (nSPS) is 24.2. The molecular weight excluding hydrogens is 354 g/mol. The van der Waals surface area contributed by atoms with Crippen molar-refractivity contribution in [2.45, 2.75) is 18.5 Å². The molecule has 1 heterocycles. The first-order valence-electron chi connectivity index (χ1n) is 7.26. The van der Waals surface area contributed by atoms with Crippen LogP contribution in [0, 0.1) is 0 Å². The summed E-state index contributed by atoms with van der Waals surface area (Å²) >= 11 is 6.23. The van der Waals surface area contributed by atoms with Gasteiger partial charge in [0, 0.05) is 22.7 Å². The molecule has 2 aromatic rings. The van der Waals surface area contributed by atoms with Crippen LogP contribution in [-0.2, 0) is 19.8 Å². The van der Waals surface area contributed by atoms with Gasteiger partial charge < -0.3 is 9.47 Å². The molecule has 8 heteroatoms. The number of benzene rings is 2. The molecule has 1 aliphatic heterocycles. The van der Waals surface area contributed by atoms with Crippen molar-refractivity contribution in [2.24, 2.45) is 0 Å². The van der Waals surface area contributed by atoms with E-state index in [2.05, 4.69) is 0 Å². The van der Waals surface area contributed by atoms with E-state index in [9.17, 15) is 8.42 Å². The van der Waals surface area contributed by atoms with Gasteiger partial charge in [0.05, 0.1) is 0 Å². The summed E-state index contributed by atoms with van der Waals surface area (Å²) in [5.74, 6) is 0. The Morgan fingerprint density at radius 3 is 2.38 bits per heavy atom. The van der Waals surface area contributed by atoms with Gasteiger partial charge in [-0.15, -0.1) is 0 Å². The van der Waals surface area contributed by atoms with Gasteiger partial charge in [-0.1, -0.05) is 60.1 Å². The van der Waals surface area contributed by atoms with Gasteiger partial charge in [0.15, 0.2) is 6.29 Å². The van der Waals surface area contributed by atoms with Crippen molar-refractivity contribution in [3.05, 3.63) is 70.7 Å². The monoisotopic (exact) mass is 369 g/mol. The maximum Gasteiger partial charge on any atom is 0.333 e. The maximum atomic E-state index is 11.0. The molecular formula is C16H16ClNO5S. The molecule has 24 heavy (non-hydrogen) atoms. The second kappa shape index (κ2) is 7.18. The third-order valence-corrected chi connectivity index (χ3v) is 4.53. The van der Waals surface area contributed by atoms with E-state index in [-0.39, 0.29) is 6.54 Å². The zero-order valence-electron chi connectivity index (χ0n) is 12.5. The first-order chi connectivity index (χ1) is 11.4. The maximum absolute atomic E-state index is 11.0. The third-order valence-electron chi connectivity index (χ3n) is 3.66. The predicted molar refractivity (Wildman–Crippen MR) is 88.9 cm³/mol. The smallest absolute Gasteiger partial charge is 0.333 e. The topological polar surface area (TPSA) is 84.9 Å². The predicted octanol–water partition coefficient (Wildman–Crippen LogP) is 2.89. The zero-order valence-corrected chi connectivity index (χ0v) is 14.1. The third kappa shape index (κ3) is 4.13. The Labute approximate surface area is 145 Å². The minimum Gasteiger partial charge on any atom is -0.341 e. The van der Waals surface area contributed by atoms with Gasteiger partial charge in [0.1, 0.15) is 12.2 Å². The Bertz CT molecular complexity index is 799. The number of ether oxygens (including phenoxy) is 2. The molecule has 2 aromatic carbocycles. The van der Waals surface area contributed by atoms with Crippen LogP contribution in [0.15, 0.2) is 54.6 Å². The van der Waals surface area contributed by atoms with Crippen LogP contribution in [0.2, 0.25) is 5.02 Å². The highest BCUT2D eigenvalue weighted by Crippen LogP contribution is 2.41. The molecule has 3 unspecified atom stereocenters. The lowest BCUT2D eigenvalue weighted by atomic mass is 10.0. The molecule has 0 saturated carbocycles. The Balaban J connectivity index is 1.86. The van der Waals surface area contributed by atoms with Crippen LogP contribution < -0.4 is 4.72 Å². The van der Waals surface area contributed by atoms with Crippen LogP contribution in [0.4, 0.5) is 0 Å². The molecule has 0 bridgehead atoms. The Morgan fingerprint density at radius 1 is 1.04 bits per heavy atom. The Hall–Kier alpha value is -1.48. The first-order valence-corrected chi connectivity index (χ1v) is 9.08. The van der Waals surface area contributed by atoms with Crippen LogP contribution in [0.1, 0.15) is 23.5 Å². The second-order valence-electron chi connectivity index (χ2n) is 5.32. The van der Waals surface area contributed by atoms with E-state index in [0.717, 1.165) is 5.56 Å². The summed E-state index contributed by atoms with van der Waals surface area (Å²) in [6.07, 6.45) is -1.86. The average molecular weight is 370 g/mol. The summed E-state index contributed by atoms with van der Waals surface area (Å²) < 4.78 is 44.7. The number of rotatable bonds is 5. The van der Waals surface area contributed by atoms with E-state index in [1.165, 1.54) is 0 Å². The number of hydrogen-bond acceptors (Lipinski definition) is 4. The molecule has 128 valence electrons. The van der Waals surface area contributed by atoms with Crippen molar-refractivity contribution in [3.8, 4) is 0 Å². The minimum atomic E-state index is -4.33. The summed E-state index contributed by atoms with van der Waals surface area (Å²) in [5.41, 5.74) is 1.50. The molecule has 3 atom stereocenters.